The van der Waals surface area contributed by atoms with Crippen LogP contribution in [0.25, 0.3) is 10.9 Å². The van der Waals surface area contributed by atoms with Gasteiger partial charge in [-0.2, -0.15) is 10.2 Å². The molecule has 0 aliphatic heterocycles. The maximum absolute atomic E-state index is 12.7. The third-order valence-corrected chi connectivity index (χ3v) is 1.80. The van der Waals surface area contributed by atoms with Gasteiger partial charge in [0.05, 0.1) is 11.7 Å². The van der Waals surface area contributed by atoms with Crippen molar-refractivity contribution >= 4 is 10.9 Å². The average Bonchev–Trinajstić information content (AvgIpc) is 2.04. The lowest BCUT2D eigenvalue weighted by Gasteiger charge is -1.98. The number of aryl methyl sites for hydroxylation is 1. The summed E-state index contributed by atoms with van der Waals surface area (Å²) in [4.78, 5) is 0. The van der Waals surface area contributed by atoms with Crippen LogP contribution in [0.4, 0.5) is 4.39 Å². The summed E-state index contributed by atoms with van der Waals surface area (Å²) in [6.45, 7) is 1.93. The van der Waals surface area contributed by atoms with E-state index in [1.165, 1.54) is 12.1 Å². The monoisotopic (exact) mass is 162 g/mol. The fourth-order valence-corrected chi connectivity index (χ4v) is 1.17. The third-order valence-electron chi connectivity index (χ3n) is 1.80. The number of hydrogen-bond donors (Lipinski definition) is 0. The minimum Gasteiger partial charge on any atom is -0.207 e. The van der Waals surface area contributed by atoms with Gasteiger partial charge in [0.15, 0.2) is 0 Å². The Morgan fingerprint density at radius 1 is 1.33 bits per heavy atom. The van der Waals surface area contributed by atoms with Crippen LogP contribution in [0, 0.1) is 12.7 Å². The van der Waals surface area contributed by atoms with Gasteiger partial charge in [0.25, 0.3) is 0 Å². The van der Waals surface area contributed by atoms with Gasteiger partial charge in [-0.05, 0) is 24.6 Å². The van der Waals surface area contributed by atoms with E-state index in [2.05, 4.69) is 10.2 Å². The Kier molecular flexibility index (Phi) is 1.50. The zero-order valence-electron chi connectivity index (χ0n) is 6.58. The van der Waals surface area contributed by atoms with Crippen molar-refractivity contribution in [3.8, 4) is 0 Å². The number of aromatic nitrogens is 2. The highest BCUT2D eigenvalue weighted by atomic mass is 19.1. The quantitative estimate of drug-likeness (QED) is 0.592. The second-order valence-corrected chi connectivity index (χ2v) is 2.69. The molecule has 0 spiro atoms. The van der Waals surface area contributed by atoms with Crippen LogP contribution >= 0.6 is 0 Å². The van der Waals surface area contributed by atoms with Gasteiger partial charge in [-0.1, -0.05) is 0 Å². The van der Waals surface area contributed by atoms with Crippen LogP contribution in [-0.2, 0) is 0 Å². The molecule has 12 heavy (non-hydrogen) atoms. The molecule has 0 saturated heterocycles. The first-order valence-corrected chi connectivity index (χ1v) is 3.65. The first kappa shape index (κ1) is 7.16. The zero-order valence-corrected chi connectivity index (χ0v) is 6.58. The van der Waals surface area contributed by atoms with E-state index in [0.29, 0.717) is 5.52 Å². The molecule has 1 aromatic heterocycles. The van der Waals surface area contributed by atoms with Crippen LogP contribution in [-0.4, -0.2) is 10.2 Å². The highest BCUT2D eigenvalue weighted by Gasteiger charge is 1.99. The van der Waals surface area contributed by atoms with Crippen molar-refractivity contribution < 1.29 is 4.39 Å². The van der Waals surface area contributed by atoms with Crippen molar-refractivity contribution in [2.75, 3.05) is 0 Å². The van der Waals surface area contributed by atoms with E-state index in [1.54, 1.807) is 12.3 Å². The molecule has 2 rings (SSSR count). The summed E-state index contributed by atoms with van der Waals surface area (Å²) in [6.07, 6.45) is 1.67. The highest BCUT2D eigenvalue weighted by molar-refractivity contribution is 5.80. The molecule has 1 heterocycles. The van der Waals surface area contributed by atoms with Crippen LogP contribution in [0.15, 0.2) is 24.4 Å². The Balaban J connectivity index is 2.86. The Bertz CT molecular complexity index is 426. The molecule has 0 N–H and O–H groups in total. The molecular formula is C9H7FN2. The summed E-state index contributed by atoms with van der Waals surface area (Å²) in [5.41, 5.74) is 1.62. The number of nitrogens with zero attached hydrogens (tertiary/aromatic N) is 2. The molecule has 0 aliphatic rings. The van der Waals surface area contributed by atoms with Crippen LogP contribution in [0.5, 0.6) is 0 Å². The van der Waals surface area contributed by atoms with Gasteiger partial charge in [-0.25, -0.2) is 4.39 Å². The summed E-state index contributed by atoms with van der Waals surface area (Å²) in [5, 5.41) is 8.50. The maximum atomic E-state index is 12.7. The summed E-state index contributed by atoms with van der Waals surface area (Å²) in [5.74, 6) is -0.276. The van der Waals surface area contributed by atoms with Gasteiger partial charge in [0, 0.05) is 11.5 Å². The van der Waals surface area contributed by atoms with Gasteiger partial charge in [0.2, 0.25) is 0 Å². The Hall–Kier alpha value is -1.51. The van der Waals surface area contributed by atoms with Gasteiger partial charge >= 0.3 is 0 Å². The van der Waals surface area contributed by atoms with Gasteiger partial charge in [0.1, 0.15) is 5.82 Å². The molecule has 2 nitrogen and oxygen atoms in total. The third kappa shape index (κ3) is 1.03. The predicted molar refractivity (Wildman–Crippen MR) is 44.2 cm³/mol. The summed E-state index contributed by atoms with van der Waals surface area (Å²) in [7, 11) is 0. The standard InChI is InChI=1S/C9H7FN2/c1-6-5-11-12-9-4-7(10)2-3-8(6)9/h2-5H,1H3. The SMILES string of the molecule is Cc1cnnc2cc(F)ccc12. The van der Waals surface area contributed by atoms with Crippen LogP contribution in [0.3, 0.4) is 0 Å². The Labute approximate surface area is 69.1 Å². The molecule has 0 radical (unpaired) electrons. The molecule has 0 amide bonds. The van der Waals surface area contributed by atoms with Crippen molar-refractivity contribution in [3.63, 3.8) is 0 Å². The van der Waals surface area contributed by atoms with Gasteiger partial charge in [-0.3, -0.25) is 0 Å². The largest absolute Gasteiger partial charge is 0.207 e. The van der Waals surface area contributed by atoms with E-state index in [-0.39, 0.29) is 5.82 Å². The average molecular weight is 162 g/mol. The molecule has 2 aromatic rings. The fourth-order valence-electron chi connectivity index (χ4n) is 1.17. The molecule has 0 atom stereocenters. The summed E-state index contributed by atoms with van der Waals surface area (Å²) < 4.78 is 12.7. The minimum atomic E-state index is -0.276. The van der Waals surface area contributed by atoms with E-state index in [4.69, 9.17) is 0 Å². The van der Waals surface area contributed by atoms with Crippen LogP contribution in [0.1, 0.15) is 5.56 Å². The van der Waals surface area contributed by atoms with Crippen LogP contribution in [0.2, 0.25) is 0 Å². The molecular weight excluding hydrogens is 155 g/mol. The number of rotatable bonds is 0. The molecule has 0 unspecified atom stereocenters. The smallest absolute Gasteiger partial charge is 0.125 e. The van der Waals surface area contributed by atoms with Crippen molar-refractivity contribution in [3.05, 3.63) is 35.8 Å². The lowest BCUT2D eigenvalue weighted by molar-refractivity contribution is 0.629. The molecule has 0 saturated carbocycles. The lowest BCUT2D eigenvalue weighted by atomic mass is 10.1. The van der Waals surface area contributed by atoms with Gasteiger partial charge < -0.3 is 0 Å². The predicted octanol–water partition coefficient (Wildman–Crippen LogP) is 2.08. The normalized spacial score (nSPS) is 10.5. The van der Waals surface area contributed by atoms with Crippen molar-refractivity contribution in [2.24, 2.45) is 0 Å². The topological polar surface area (TPSA) is 25.8 Å². The Morgan fingerprint density at radius 3 is 3.00 bits per heavy atom. The van der Waals surface area contributed by atoms with Crippen LogP contribution < -0.4 is 0 Å². The summed E-state index contributed by atoms with van der Waals surface area (Å²) >= 11 is 0. The highest BCUT2D eigenvalue weighted by Crippen LogP contribution is 2.15. The lowest BCUT2D eigenvalue weighted by Crippen LogP contribution is -1.87. The Morgan fingerprint density at radius 2 is 2.17 bits per heavy atom. The maximum Gasteiger partial charge on any atom is 0.125 e. The van der Waals surface area contributed by atoms with Crippen molar-refractivity contribution in [1.82, 2.24) is 10.2 Å². The van der Waals surface area contributed by atoms with E-state index in [1.807, 2.05) is 6.92 Å². The number of halogens is 1. The molecule has 1 aromatic carbocycles. The minimum absolute atomic E-state index is 0.276. The molecule has 3 heteroatoms. The van der Waals surface area contributed by atoms with E-state index >= 15 is 0 Å². The second-order valence-electron chi connectivity index (χ2n) is 2.69. The first-order chi connectivity index (χ1) is 5.77. The number of hydrogen-bond acceptors (Lipinski definition) is 2. The van der Waals surface area contributed by atoms with E-state index in [0.717, 1.165) is 10.9 Å². The molecule has 60 valence electrons. The number of fused-ring (bicyclic) bond motifs is 1. The number of benzene rings is 1. The van der Waals surface area contributed by atoms with Crippen molar-refractivity contribution in [1.29, 1.82) is 0 Å². The van der Waals surface area contributed by atoms with Gasteiger partial charge in [-0.15, -0.1) is 0 Å². The first-order valence-electron chi connectivity index (χ1n) is 3.65. The van der Waals surface area contributed by atoms with Crippen molar-refractivity contribution in [2.45, 2.75) is 6.92 Å². The zero-order chi connectivity index (χ0) is 8.55. The molecule has 0 aliphatic carbocycles. The van der Waals surface area contributed by atoms with E-state index < -0.39 is 0 Å². The van der Waals surface area contributed by atoms with E-state index in [9.17, 15) is 4.39 Å². The molecule has 0 bridgehead atoms. The fraction of sp³-hybridized carbons (Fsp3) is 0.111. The second kappa shape index (κ2) is 2.52. The molecule has 0 fully saturated rings. The summed E-state index contributed by atoms with van der Waals surface area (Å²) in [6, 6.07) is 4.53.